The predicted octanol–water partition coefficient (Wildman–Crippen LogP) is 1.88. The summed E-state index contributed by atoms with van der Waals surface area (Å²) in [6.45, 7) is 6.54. The molecule has 0 aromatic carbocycles. The van der Waals surface area contributed by atoms with Gasteiger partial charge in [-0.3, -0.25) is 9.48 Å². The standard InChI is InChI=1S/C12H20N2O2/c1-4-9(5-2)11(15)12(16)10-7-8-13-14(10)6-3/h7-9,11,15H,4-6H2,1-3H3. The highest BCUT2D eigenvalue weighted by Gasteiger charge is 2.26. The molecule has 0 aliphatic heterocycles. The Bertz CT molecular complexity index is 343. The average molecular weight is 224 g/mol. The van der Waals surface area contributed by atoms with Gasteiger partial charge in [0, 0.05) is 12.7 Å². The lowest BCUT2D eigenvalue weighted by Gasteiger charge is -2.18. The minimum atomic E-state index is -0.906. The van der Waals surface area contributed by atoms with E-state index < -0.39 is 6.10 Å². The van der Waals surface area contributed by atoms with Gasteiger partial charge in [-0.25, -0.2) is 0 Å². The second-order valence-corrected chi connectivity index (χ2v) is 3.92. The molecule has 0 spiro atoms. The van der Waals surface area contributed by atoms with Crippen LogP contribution in [0.4, 0.5) is 0 Å². The number of hydrogen-bond donors (Lipinski definition) is 1. The van der Waals surface area contributed by atoms with Gasteiger partial charge in [-0.15, -0.1) is 0 Å². The number of ketones is 1. The van der Waals surface area contributed by atoms with Crippen LogP contribution in [0.1, 0.15) is 44.1 Å². The molecule has 1 atom stereocenters. The van der Waals surface area contributed by atoms with Crippen molar-refractivity contribution < 1.29 is 9.90 Å². The largest absolute Gasteiger partial charge is 0.385 e. The molecule has 0 saturated carbocycles. The number of hydrogen-bond acceptors (Lipinski definition) is 3. The van der Waals surface area contributed by atoms with Crippen LogP contribution in [0.2, 0.25) is 0 Å². The molecule has 90 valence electrons. The molecule has 0 saturated heterocycles. The van der Waals surface area contributed by atoms with Gasteiger partial charge >= 0.3 is 0 Å². The van der Waals surface area contributed by atoms with Crippen LogP contribution in [0.3, 0.4) is 0 Å². The van der Waals surface area contributed by atoms with Gasteiger partial charge in [0.15, 0.2) is 0 Å². The molecule has 0 bridgehead atoms. The summed E-state index contributed by atoms with van der Waals surface area (Å²) in [5.41, 5.74) is 0.502. The molecule has 4 nitrogen and oxygen atoms in total. The van der Waals surface area contributed by atoms with Gasteiger partial charge in [-0.05, 0) is 18.9 Å². The van der Waals surface area contributed by atoms with E-state index in [0.717, 1.165) is 12.8 Å². The normalized spacial score (nSPS) is 13.1. The first-order chi connectivity index (χ1) is 7.65. The Balaban J connectivity index is 2.85. The summed E-state index contributed by atoms with van der Waals surface area (Å²) >= 11 is 0. The van der Waals surface area contributed by atoms with Crippen LogP contribution in [-0.2, 0) is 6.54 Å². The zero-order valence-corrected chi connectivity index (χ0v) is 10.2. The van der Waals surface area contributed by atoms with Crippen molar-refractivity contribution in [3.63, 3.8) is 0 Å². The van der Waals surface area contributed by atoms with Crippen molar-refractivity contribution in [1.29, 1.82) is 0 Å². The molecular weight excluding hydrogens is 204 g/mol. The van der Waals surface area contributed by atoms with Crippen molar-refractivity contribution in [3.05, 3.63) is 18.0 Å². The third-order valence-corrected chi connectivity index (χ3v) is 3.03. The molecule has 1 rings (SSSR count). The van der Waals surface area contributed by atoms with Crippen molar-refractivity contribution in [2.75, 3.05) is 0 Å². The Morgan fingerprint density at radius 1 is 1.44 bits per heavy atom. The Hall–Kier alpha value is -1.16. The molecule has 1 unspecified atom stereocenters. The Morgan fingerprint density at radius 3 is 2.56 bits per heavy atom. The number of aliphatic hydroxyl groups excluding tert-OH is 1. The maximum absolute atomic E-state index is 12.0. The summed E-state index contributed by atoms with van der Waals surface area (Å²) in [5, 5.41) is 14.0. The molecule has 0 radical (unpaired) electrons. The lowest BCUT2D eigenvalue weighted by molar-refractivity contribution is 0.0577. The number of nitrogens with zero attached hydrogens (tertiary/aromatic N) is 2. The van der Waals surface area contributed by atoms with Crippen molar-refractivity contribution in [1.82, 2.24) is 9.78 Å². The highest BCUT2D eigenvalue weighted by atomic mass is 16.3. The van der Waals surface area contributed by atoms with E-state index in [1.54, 1.807) is 16.9 Å². The van der Waals surface area contributed by atoms with Crippen LogP contribution in [0, 0.1) is 5.92 Å². The summed E-state index contributed by atoms with van der Waals surface area (Å²) in [5.74, 6) is -0.180. The fourth-order valence-corrected chi connectivity index (χ4v) is 1.89. The summed E-state index contributed by atoms with van der Waals surface area (Å²) in [4.78, 5) is 12.0. The van der Waals surface area contributed by atoms with E-state index in [4.69, 9.17) is 0 Å². The third-order valence-electron chi connectivity index (χ3n) is 3.03. The van der Waals surface area contributed by atoms with E-state index in [0.29, 0.717) is 12.2 Å². The maximum Gasteiger partial charge on any atom is 0.209 e. The first-order valence-corrected chi connectivity index (χ1v) is 5.89. The van der Waals surface area contributed by atoms with Crippen LogP contribution < -0.4 is 0 Å². The average Bonchev–Trinajstić information content (AvgIpc) is 2.77. The van der Waals surface area contributed by atoms with Gasteiger partial charge in [0.05, 0.1) is 0 Å². The Labute approximate surface area is 96.3 Å². The van der Waals surface area contributed by atoms with Gasteiger partial charge in [-0.2, -0.15) is 5.10 Å². The molecule has 1 heterocycles. The molecule has 16 heavy (non-hydrogen) atoms. The first kappa shape index (κ1) is 12.9. The summed E-state index contributed by atoms with van der Waals surface area (Å²) in [6.07, 6.45) is 2.31. The highest BCUT2D eigenvalue weighted by molar-refractivity contribution is 5.98. The fourth-order valence-electron chi connectivity index (χ4n) is 1.89. The molecule has 1 aromatic heterocycles. The number of carbonyl (C=O) groups is 1. The van der Waals surface area contributed by atoms with Crippen LogP contribution in [-0.4, -0.2) is 26.8 Å². The highest BCUT2D eigenvalue weighted by Crippen LogP contribution is 2.17. The zero-order chi connectivity index (χ0) is 12.1. The van der Waals surface area contributed by atoms with Crippen molar-refractivity contribution >= 4 is 5.78 Å². The van der Waals surface area contributed by atoms with E-state index in [9.17, 15) is 9.90 Å². The number of aliphatic hydroxyl groups is 1. The number of aryl methyl sites for hydroxylation is 1. The van der Waals surface area contributed by atoms with Gasteiger partial charge < -0.3 is 5.11 Å². The molecule has 0 aliphatic carbocycles. The molecule has 1 aromatic rings. The van der Waals surface area contributed by atoms with E-state index in [2.05, 4.69) is 5.10 Å². The topological polar surface area (TPSA) is 55.1 Å². The quantitative estimate of drug-likeness (QED) is 0.751. The lowest BCUT2D eigenvalue weighted by atomic mass is 9.92. The second-order valence-electron chi connectivity index (χ2n) is 3.92. The SMILES string of the molecule is CCC(CC)C(O)C(=O)c1ccnn1CC. The molecule has 0 aliphatic rings. The molecular formula is C12H20N2O2. The van der Waals surface area contributed by atoms with E-state index in [1.165, 1.54) is 0 Å². The van der Waals surface area contributed by atoms with E-state index >= 15 is 0 Å². The number of carbonyl (C=O) groups excluding carboxylic acids is 1. The molecule has 0 amide bonds. The molecule has 1 N–H and O–H groups in total. The maximum atomic E-state index is 12.0. The predicted molar refractivity (Wildman–Crippen MR) is 62.3 cm³/mol. The Kier molecular flexibility index (Phi) is 4.68. The number of aromatic nitrogens is 2. The summed E-state index contributed by atoms with van der Waals surface area (Å²) in [7, 11) is 0. The number of rotatable bonds is 6. The molecule has 0 fully saturated rings. The first-order valence-electron chi connectivity index (χ1n) is 5.89. The van der Waals surface area contributed by atoms with Crippen LogP contribution in [0.15, 0.2) is 12.3 Å². The van der Waals surface area contributed by atoms with Gasteiger partial charge in [-0.1, -0.05) is 26.7 Å². The van der Waals surface area contributed by atoms with Crippen molar-refractivity contribution in [2.45, 2.75) is 46.3 Å². The third kappa shape index (κ3) is 2.50. The number of Topliss-reactive ketones (excluding diaryl/α,β-unsaturated/α-hetero) is 1. The van der Waals surface area contributed by atoms with E-state index in [1.807, 2.05) is 20.8 Å². The van der Waals surface area contributed by atoms with Crippen LogP contribution >= 0.6 is 0 Å². The van der Waals surface area contributed by atoms with Gasteiger partial charge in [0.25, 0.3) is 0 Å². The van der Waals surface area contributed by atoms with E-state index in [-0.39, 0.29) is 11.7 Å². The van der Waals surface area contributed by atoms with Gasteiger partial charge in [0.1, 0.15) is 11.8 Å². The van der Waals surface area contributed by atoms with Gasteiger partial charge in [0.2, 0.25) is 5.78 Å². The van der Waals surface area contributed by atoms with Crippen LogP contribution in [0.5, 0.6) is 0 Å². The zero-order valence-electron chi connectivity index (χ0n) is 10.2. The monoisotopic (exact) mass is 224 g/mol. The lowest BCUT2D eigenvalue weighted by Crippen LogP contribution is -2.30. The minimum absolute atomic E-state index is 0.0349. The molecule has 4 heteroatoms. The Morgan fingerprint density at radius 2 is 2.06 bits per heavy atom. The van der Waals surface area contributed by atoms with Crippen molar-refractivity contribution in [3.8, 4) is 0 Å². The summed E-state index contributed by atoms with van der Waals surface area (Å²) < 4.78 is 1.62. The summed E-state index contributed by atoms with van der Waals surface area (Å²) in [6, 6.07) is 1.66. The fraction of sp³-hybridized carbons (Fsp3) is 0.667. The van der Waals surface area contributed by atoms with Crippen molar-refractivity contribution in [2.24, 2.45) is 5.92 Å². The van der Waals surface area contributed by atoms with Crippen LogP contribution in [0.25, 0.3) is 0 Å². The second kappa shape index (κ2) is 5.80. The smallest absolute Gasteiger partial charge is 0.209 e. The minimum Gasteiger partial charge on any atom is -0.385 e.